The minimum absolute atomic E-state index is 0.0335. The largest absolute Gasteiger partial charge is 0.497 e. The van der Waals surface area contributed by atoms with Gasteiger partial charge in [-0.25, -0.2) is 0 Å². The van der Waals surface area contributed by atoms with E-state index in [-0.39, 0.29) is 5.91 Å². The predicted molar refractivity (Wildman–Crippen MR) is 93.5 cm³/mol. The van der Waals surface area contributed by atoms with Gasteiger partial charge in [-0.3, -0.25) is 14.9 Å². The van der Waals surface area contributed by atoms with Gasteiger partial charge in [-0.05, 0) is 30.3 Å². The first-order chi connectivity index (χ1) is 12.2. The number of ether oxygens (including phenoxy) is 1. The number of aromatic amines is 1. The molecular weight excluding hydrogens is 316 g/mol. The fraction of sp³-hybridized carbons (Fsp3) is 0.211. The summed E-state index contributed by atoms with van der Waals surface area (Å²) in [7, 11) is 1.63. The fourth-order valence-electron chi connectivity index (χ4n) is 2.98. The number of carbonyl (C=O) groups is 1. The number of carbonyl (C=O) groups excluding carboxylic acids is 1. The minimum Gasteiger partial charge on any atom is -0.497 e. The van der Waals surface area contributed by atoms with E-state index in [4.69, 9.17) is 4.74 Å². The van der Waals surface area contributed by atoms with E-state index < -0.39 is 0 Å². The van der Waals surface area contributed by atoms with Crippen LogP contribution >= 0.6 is 0 Å². The van der Waals surface area contributed by atoms with E-state index in [0.29, 0.717) is 24.7 Å². The molecule has 1 aliphatic heterocycles. The van der Waals surface area contributed by atoms with Crippen LogP contribution in [0.2, 0.25) is 0 Å². The number of benzene rings is 1. The number of nitrogens with zero attached hydrogens (tertiary/aromatic N) is 3. The molecule has 2 aromatic heterocycles. The van der Waals surface area contributed by atoms with Crippen LogP contribution < -0.4 is 4.74 Å². The van der Waals surface area contributed by atoms with E-state index in [1.165, 1.54) is 0 Å². The molecule has 25 heavy (non-hydrogen) atoms. The molecule has 0 aliphatic carbocycles. The lowest BCUT2D eigenvalue weighted by atomic mass is 9.95. The number of H-pyrrole nitrogens is 1. The summed E-state index contributed by atoms with van der Waals surface area (Å²) in [5.41, 5.74) is 3.17. The molecule has 0 saturated carbocycles. The van der Waals surface area contributed by atoms with Crippen LogP contribution in [0.1, 0.15) is 22.1 Å². The SMILES string of the molecule is COc1cccc(-c2cc(C(=O)N3CC(c4ccccn4)C3)[nH]n2)c1. The van der Waals surface area contributed by atoms with E-state index in [0.717, 1.165) is 22.7 Å². The number of hydrogen-bond donors (Lipinski definition) is 1. The lowest BCUT2D eigenvalue weighted by molar-refractivity contribution is 0.0592. The standard InChI is InChI=1S/C19H18N4O2/c1-25-15-6-4-5-13(9-15)17-10-18(22-21-17)19(24)23-11-14(12-23)16-7-2-3-8-20-16/h2-10,14H,11-12H2,1H3,(H,21,22). The van der Waals surface area contributed by atoms with Gasteiger partial charge in [0.25, 0.3) is 5.91 Å². The van der Waals surface area contributed by atoms with Crippen LogP contribution in [0, 0.1) is 0 Å². The predicted octanol–water partition coefficient (Wildman–Crippen LogP) is 2.72. The van der Waals surface area contributed by atoms with Crippen molar-refractivity contribution in [3.63, 3.8) is 0 Å². The van der Waals surface area contributed by atoms with Crippen LogP contribution in [0.3, 0.4) is 0 Å². The molecule has 6 nitrogen and oxygen atoms in total. The molecule has 3 heterocycles. The van der Waals surface area contributed by atoms with E-state index >= 15 is 0 Å². The first-order valence-electron chi connectivity index (χ1n) is 8.14. The molecule has 0 radical (unpaired) electrons. The number of methoxy groups -OCH3 is 1. The van der Waals surface area contributed by atoms with Crippen molar-refractivity contribution in [2.24, 2.45) is 0 Å². The first kappa shape index (κ1) is 15.4. The Labute approximate surface area is 145 Å². The second kappa shape index (κ2) is 6.39. The summed E-state index contributed by atoms with van der Waals surface area (Å²) >= 11 is 0. The number of hydrogen-bond acceptors (Lipinski definition) is 4. The van der Waals surface area contributed by atoms with Crippen molar-refractivity contribution < 1.29 is 9.53 Å². The van der Waals surface area contributed by atoms with Gasteiger partial charge in [-0.2, -0.15) is 5.10 Å². The number of rotatable bonds is 4. The third-order valence-electron chi connectivity index (χ3n) is 4.45. The minimum atomic E-state index is -0.0335. The van der Waals surface area contributed by atoms with Gasteiger partial charge in [-0.1, -0.05) is 18.2 Å². The Morgan fingerprint density at radius 3 is 2.84 bits per heavy atom. The molecule has 6 heteroatoms. The lowest BCUT2D eigenvalue weighted by Crippen LogP contribution is -2.48. The van der Waals surface area contributed by atoms with Gasteiger partial charge in [0, 0.05) is 36.5 Å². The van der Waals surface area contributed by atoms with Crippen molar-refractivity contribution in [2.45, 2.75) is 5.92 Å². The fourth-order valence-corrected chi connectivity index (χ4v) is 2.98. The van der Waals surface area contributed by atoms with Gasteiger partial charge < -0.3 is 9.64 Å². The second-order valence-corrected chi connectivity index (χ2v) is 6.06. The average molecular weight is 334 g/mol. The Bertz CT molecular complexity index is 885. The Morgan fingerprint density at radius 2 is 2.08 bits per heavy atom. The zero-order valence-corrected chi connectivity index (χ0v) is 13.8. The molecule has 0 unspecified atom stereocenters. The number of nitrogens with one attached hydrogen (secondary N) is 1. The highest BCUT2D eigenvalue weighted by molar-refractivity contribution is 5.94. The van der Waals surface area contributed by atoms with Crippen LogP contribution in [0.25, 0.3) is 11.3 Å². The summed E-state index contributed by atoms with van der Waals surface area (Å²) in [6.45, 7) is 1.37. The van der Waals surface area contributed by atoms with Crippen molar-refractivity contribution >= 4 is 5.91 Å². The third-order valence-corrected chi connectivity index (χ3v) is 4.45. The second-order valence-electron chi connectivity index (χ2n) is 6.06. The molecule has 1 amide bonds. The molecule has 0 spiro atoms. The van der Waals surface area contributed by atoms with Crippen molar-refractivity contribution in [3.05, 3.63) is 66.1 Å². The molecule has 3 aromatic rings. The highest BCUT2D eigenvalue weighted by atomic mass is 16.5. The molecule has 1 fully saturated rings. The third kappa shape index (κ3) is 2.98. The zero-order valence-electron chi connectivity index (χ0n) is 13.8. The maximum atomic E-state index is 12.6. The van der Waals surface area contributed by atoms with E-state index in [1.807, 2.05) is 47.4 Å². The summed E-state index contributed by atoms with van der Waals surface area (Å²) in [5.74, 6) is 1.04. The lowest BCUT2D eigenvalue weighted by Gasteiger charge is -2.38. The summed E-state index contributed by atoms with van der Waals surface area (Å²) in [4.78, 5) is 18.7. The number of likely N-dealkylation sites (tertiary alicyclic amines) is 1. The maximum absolute atomic E-state index is 12.6. The van der Waals surface area contributed by atoms with Crippen molar-refractivity contribution in [2.75, 3.05) is 20.2 Å². The monoisotopic (exact) mass is 334 g/mol. The smallest absolute Gasteiger partial charge is 0.271 e. The molecule has 1 aromatic carbocycles. The average Bonchev–Trinajstić information content (AvgIpc) is 3.11. The van der Waals surface area contributed by atoms with Crippen LogP contribution in [0.4, 0.5) is 0 Å². The van der Waals surface area contributed by atoms with Gasteiger partial charge in [0.1, 0.15) is 11.4 Å². The molecule has 0 atom stereocenters. The first-order valence-corrected chi connectivity index (χ1v) is 8.14. The quantitative estimate of drug-likeness (QED) is 0.796. The van der Waals surface area contributed by atoms with E-state index in [2.05, 4.69) is 15.2 Å². The molecule has 4 rings (SSSR count). The Balaban J connectivity index is 1.45. The highest BCUT2D eigenvalue weighted by Gasteiger charge is 2.33. The van der Waals surface area contributed by atoms with Gasteiger partial charge >= 0.3 is 0 Å². The normalized spacial score (nSPS) is 14.2. The van der Waals surface area contributed by atoms with Crippen molar-refractivity contribution in [1.29, 1.82) is 0 Å². The molecule has 1 saturated heterocycles. The highest BCUT2D eigenvalue weighted by Crippen LogP contribution is 2.28. The van der Waals surface area contributed by atoms with E-state index in [9.17, 15) is 4.79 Å². The summed E-state index contributed by atoms with van der Waals surface area (Å²) in [6.07, 6.45) is 1.79. The van der Waals surface area contributed by atoms with Crippen LogP contribution in [0.15, 0.2) is 54.7 Å². The Hall–Kier alpha value is -3.15. The van der Waals surface area contributed by atoms with Crippen molar-refractivity contribution in [1.82, 2.24) is 20.1 Å². The number of aromatic nitrogens is 3. The van der Waals surface area contributed by atoms with Gasteiger partial charge in [-0.15, -0.1) is 0 Å². The van der Waals surface area contributed by atoms with Crippen LogP contribution in [-0.4, -0.2) is 46.2 Å². The number of amides is 1. The molecular formula is C19H18N4O2. The van der Waals surface area contributed by atoms with Crippen LogP contribution in [0.5, 0.6) is 5.75 Å². The summed E-state index contributed by atoms with van der Waals surface area (Å²) in [5, 5.41) is 7.11. The molecule has 0 bridgehead atoms. The topological polar surface area (TPSA) is 71.1 Å². The van der Waals surface area contributed by atoms with Gasteiger partial charge in [0.2, 0.25) is 0 Å². The summed E-state index contributed by atoms with van der Waals surface area (Å²) < 4.78 is 5.23. The summed E-state index contributed by atoms with van der Waals surface area (Å²) in [6, 6.07) is 15.3. The Morgan fingerprint density at radius 1 is 1.20 bits per heavy atom. The number of pyridine rings is 1. The van der Waals surface area contributed by atoms with Crippen molar-refractivity contribution in [3.8, 4) is 17.0 Å². The van der Waals surface area contributed by atoms with Crippen LogP contribution in [-0.2, 0) is 0 Å². The zero-order chi connectivity index (χ0) is 17.2. The molecule has 126 valence electrons. The molecule has 1 N–H and O–H groups in total. The van der Waals surface area contributed by atoms with Gasteiger partial charge in [0.15, 0.2) is 0 Å². The van der Waals surface area contributed by atoms with Gasteiger partial charge in [0.05, 0.1) is 12.8 Å². The Kier molecular flexibility index (Phi) is 3.93. The molecule has 1 aliphatic rings. The van der Waals surface area contributed by atoms with E-state index in [1.54, 1.807) is 19.4 Å². The maximum Gasteiger partial charge on any atom is 0.271 e.